The van der Waals surface area contributed by atoms with Crippen LogP contribution in [0.15, 0.2) is 0 Å². The summed E-state index contributed by atoms with van der Waals surface area (Å²) >= 11 is 0. The lowest BCUT2D eigenvalue weighted by atomic mass is 10.0. The van der Waals surface area contributed by atoms with Gasteiger partial charge in [-0.25, -0.2) is 4.79 Å². The summed E-state index contributed by atoms with van der Waals surface area (Å²) in [6, 6.07) is -2.67. The van der Waals surface area contributed by atoms with Crippen LogP contribution >= 0.6 is 0 Å². The maximum Gasteiger partial charge on any atom is 0.326 e. The average Bonchev–Trinajstić information content (AvgIpc) is 2.86. The predicted octanol–water partition coefficient (Wildman–Crippen LogP) is 4.64. The standard InChI is InChI=1S/C28H52N2O7/c1-3-4-5-6-7-8-9-10-11-12-13-14-15-16-17-18-21-37-26(33)20-19-24(28(35)36)30-27(34)25(22-31)29-23(2)32/h24-25,31H,3-22H2,1-2H3,(H,29,32)(H,30,34)(H,35,36)/t24-,25-/m0/s1/i21D/t21?,24-,25-. The van der Waals surface area contributed by atoms with Crippen molar-refractivity contribution in [2.45, 2.75) is 142 Å². The summed E-state index contributed by atoms with van der Waals surface area (Å²) < 4.78 is 13.0. The number of hydrogen-bond donors (Lipinski definition) is 4. The third-order valence-corrected chi connectivity index (χ3v) is 6.27. The highest BCUT2D eigenvalue weighted by atomic mass is 16.5. The molecule has 0 spiro atoms. The molecule has 3 atom stereocenters. The molecular weight excluding hydrogens is 476 g/mol. The third-order valence-electron chi connectivity index (χ3n) is 6.27. The fourth-order valence-corrected chi connectivity index (χ4v) is 4.04. The van der Waals surface area contributed by atoms with E-state index in [2.05, 4.69) is 17.6 Å². The highest BCUT2D eigenvalue weighted by Crippen LogP contribution is 2.13. The van der Waals surface area contributed by atoms with Crippen LogP contribution in [-0.4, -0.2) is 59.2 Å². The number of unbranched alkanes of at least 4 members (excludes halogenated alkanes) is 14. The van der Waals surface area contributed by atoms with Crippen LogP contribution in [0.2, 0.25) is 0 Å². The molecule has 0 aliphatic rings. The molecule has 0 fully saturated rings. The number of carboxylic acid groups (broad SMARTS) is 1. The molecule has 0 aliphatic carbocycles. The summed E-state index contributed by atoms with van der Waals surface area (Å²) in [5, 5.41) is 22.9. The summed E-state index contributed by atoms with van der Waals surface area (Å²) in [5.74, 6) is -3.47. The minimum atomic E-state index is -1.39. The minimum absolute atomic E-state index is 0.232. The first-order valence-corrected chi connectivity index (χ1v) is 14.2. The number of aliphatic hydroxyl groups is 1. The molecule has 0 radical (unpaired) electrons. The average molecular weight is 530 g/mol. The Kier molecular flexibility index (Phi) is 21.5. The second-order valence-corrected chi connectivity index (χ2v) is 9.77. The molecule has 9 nitrogen and oxygen atoms in total. The normalized spacial score (nSPS) is 13.8. The number of amides is 2. The Bertz CT molecular complexity index is 663. The number of carbonyl (C=O) groups is 4. The molecule has 4 N–H and O–H groups in total. The van der Waals surface area contributed by atoms with E-state index in [0.717, 1.165) is 26.2 Å². The lowest BCUT2D eigenvalue weighted by Crippen LogP contribution is -2.52. The molecule has 9 heteroatoms. The Balaban J connectivity index is 3.87. The second kappa shape index (κ2) is 24.2. The number of rotatable bonds is 25. The fourth-order valence-electron chi connectivity index (χ4n) is 4.04. The van der Waals surface area contributed by atoms with Gasteiger partial charge in [-0.05, 0) is 12.8 Å². The zero-order chi connectivity index (χ0) is 28.6. The molecule has 37 heavy (non-hydrogen) atoms. The Morgan fingerprint density at radius 1 is 0.757 bits per heavy atom. The quantitative estimate of drug-likeness (QED) is 0.0997. The van der Waals surface area contributed by atoms with E-state index in [9.17, 15) is 29.4 Å². The molecule has 216 valence electrons. The zero-order valence-electron chi connectivity index (χ0n) is 24.1. The molecule has 2 amide bonds. The zero-order valence-corrected chi connectivity index (χ0v) is 23.1. The van der Waals surface area contributed by atoms with E-state index < -0.39 is 49.0 Å². The number of ether oxygens (including phenoxy) is 1. The fraction of sp³-hybridized carbons (Fsp3) is 0.857. The summed E-state index contributed by atoms with van der Waals surface area (Å²) in [5.41, 5.74) is 0. The van der Waals surface area contributed by atoms with Crippen molar-refractivity contribution >= 4 is 23.8 Å². The SMILES string of the molecule is [2H]C(CCCCCCCCCCCCCCCCC)OC(=O)CC[C@H](NC(=O)[C@H](CO)NC(C)=O)C(=O)O. The summed E-state index contributed by atoms with van der Waals surface area (Å²) in [4.78, 5) is 46.6. The number of carbonyl (C=O) groups excluding carboxylic acids is 3. The number of carboxylic acids is 1. The van der Waals surface area contributed by atoms with Gasteiger partial charge in [0, 0.05) is 13.3 Å². The van der Waals surface area contributed by atoms with Crippen molar-refractivity contribution in [2.75, 3.05) is 13.2 Å². The number of nitrogens with one attached hydrogen (secondary N) is 2. The van der Waals surface area contributed by atoms with E-state index in [1.165, 1.54) is 77.0 Å². The van der Waals surface area contributed by atoms with Crippen molar-refractivity contribution < 1.29 is 35.5 Å². The topological polar surface area (TPSA) is 142 Å². The molecule has 0 saturated heterocycles. The van der Waals surface area contributed by atoms with Crippen LogP contribution in [0.1, 0.15) is 131 Å². The third kappa shape index (κ3) is 21.6. The van der Waals surface area contributed by atoms with Gasteiger partial charge in [0.05, 0.1) is 14.6 Å². The van der Waals surface area contributed by atoms with E-state index in [4.69, 9.17) is 6.11 Å². The van der Waals surface area contributed by atoms with E-state index in [1.807, 2.05) is 0 Å². The number of esters is 1. The molecule has 0 aromatic carbocycles. The van der Waals surface area contributed by atoms with Crippen molar-refractivity contribution in [1.82, 2.24) is 10.6 Å². The van der Waals surface area contributed by atoms with Gasteiger partial charge in [-0.3, -0.25) is 14.4 Å². The number of hydrogen-bond acceptors (Lipinski definition) is 6. The van der Waals surface area contributed by atoms with Crippen molar-refractivity contribution in [3.05, 3.63) is 0 Å². The van der Waals surface area contributed by atoms with E-state index >= 15 is 0 Å². The number of aliphatic carboxylic acids is 1. The maximum absolute atomic E-state index is 12.1. The van der Waals surface area contributed by atoms with Gasteiger partial charge in [0.1, 0.15) is 12.1 Å². The molecule has 0 rings (SSSR count). The Hall–Kier alpha value is -2.16. The van der Waals surface area contributed by atoms with Gasteiger partial charge >= 0.3 is 11.9 Å². The summed E-state index contributed by atoms with van der Waals surface area (Å²) in [7, 11) is 0. The lowest BCUT2D eigenvalue weighted by Gasteiger charge is -2.19. The number of aliphatic hydroxyl groups excluding tert-OH is 1. The van der Waals surface area contributed by atoms with Gasteiger partial charge in [-0.1, -0.05) is 103 Å². The van der Waals surface area contributed by atoms with Gasteiger partial charge in [0.2, 0.25) is 11.8 Å². The lowest BCUT2D eigenvalue weighted by molar-refractivity contribution is -0.146. The van der Waals surface area contributed by atoms with Crippen LogP contribution in [0.3, 0.4) is 0 Å². The highest BCUT2D eigenvalue weighted by Gasteiger charge is 2.26. The van der Waals surface area contributed by atoms with Crippen molar-refractivity contribution in [3.8, 4) is 0 Å². The molecule has 0 aromatic heterocycles. The van der Waals surface area contributed by atoms with E-state index in [1.54, 1.807) is 0 Å². The molecule has 0 saturated carbocycles. The van der Waals surface area contributed by atoms with Crippen LogP contribution in [0.4, 0.5) is 0 Å². The Morgan fingerprint density at radius 3 is 1.62 bits per heavy atom. The van der Waals surface area contributed by atoms with Gasteiger partial charge in [0.15, 0.2) is 0 Å². The first-order chi connectivity index (χ1) is 18.2. The van der Waals surface area contributed by atoms with Gasteiger partial charge in [0.25, 0.3) is 0 Å². The van der Waals surface area contributed by atoms with Crippen molar-refractivity contribution in [2.24, 2.45) is 0 Å². The Labute approximate surface area is 224 Å². The van der Waals surface area contributed by atoms with Crippen LogP contribution in [0.25, 0.3) is 0 Å². The Morgan fingerprint density at radius 2 is 1.22 bits per heavy atom. The minimum Gasteiger partial charge on any atom is -0.480 e. The maximum atomic E-state index is 12.1. The van der Waals surface area contributed by atoms with Crippen molar-refractivity contribution in [3.63, 3.8) is 0 Å². The summed E-state index contributed by atoms with van der Waals surface area (Å²) in [6.07, 6.45) is 18.6. The molecule has 0 heterocycles. The van der Waals surface area contributed by atoms with E-state index in [0.29, 0.717) is 6.42 Å². The first-order valence-electron chi connectivity index (χ1n) is 14.8. The predicted molar refractivity (Wildman–Crippen MR) is 144 cm³/mol. The molecule has 0 aliphatic heterocycles. The largest absolute Gasteiger partial charge is 0.480 e. The molecule has 0 bridgehead atoms. The van der Waals surface area contributed by atoms with Crippen molar-refractivity contribution in [1.29, 1.82) is 0 Å². The molecule has 0 aromatic rings. The van der Waals surface area contributed by atoms with Crippen LogP contribution in [0, 0.1) is 0 Å². The first kappa shape index (κ1) is 32.9. The van der Waals surface area contributed by atoms with Crippen LogP contribution < -0.4 is 10.6 Å². The smallest absolute Gasteiger partial charge is 0.326 e. The second-order valence-electron chi connectivity index (χ2n) is 9.77. The summed E-state index contributed by atoms with van der Waals surface area (Å²) in [6.45, 7) is 1.72. The van der Waals surface area contributed by atoms with Crippen LogP contribution in [-0.2, 0) is 23.9 Å². The van der Waals surface area contributed by atoms with Gasteiger partial charge in [-0.15, -0.1) is 0 Å². The van der Waals surface area contributed by atoms with Gasteiger partial charge < -0.3 is 25.6 Å². The van der Waals surface area contributed by atoms with Crippen LogP contribution in [0.5, 0.6) is 0 Å². The monoisotopic (exact) mass is 529 g/mol. The van der Waals surface area contributed by atoms with E-state index in [-0.39, 0.29) is 12.8 Å². The van der Waals surface area contributed by atoms with Gasteiger partial charge in [-0.2, -0.15) is 0 Å². The molecule has 1 unspecified atom stereocenters. The highest BCUT2D eigenvalue weighted by molar-refractivity contribution is 5.90. The molecular formula is C28H52N2O7.